The fraction of sp³-hybridized carbons (Fsp3) is 0.273. The van der Waals surface area contributed by atoms with Crippen LogP contribution in [0.4, 0.5) is 0 Å². The molecule has 1 atom stereocenters. The monoisotopic (exact) mass is 202 g/mol. The molecule has 1 aliphatic rings. The van der Waals surface area contributed by atoms with Gasteiger partial charge in [0.05, 0.1) is 10.9 Å². The number of benzene rings is 1. The lowest BCUT2D eigenvalue weighted by molar-refractivity contribution is 0.110. The van der Waals surface area contributed by atoms with Crippen molar-refractivity contribution in [1.29, 1.82) is 0 Å². The third-order valence-corrected chi connectivity index (χ3v) is 2.81. The first-order chi connectivity index (χ1) is 7.27. The summed E-state index contributed by atoms with van der Waals surface area (Å²) in [5.41, 5.74) is 0.573. The van der Waals surface area contributed by atoms with Gasteiger partial charge in [0.15, 0.2) is 0 Å². The highest BCUT2D eigenvalue weighted by atomic mass is 16.3. The van der Waals surface area contributed by atoms with Gasteiger partial charge in [-0.25, -0.2) is 4.98 Å². The molecule has 3 rings (SSSR count). The lowest BCUT2D eigenvalue weighted by atomic mass is 10.2. The summed E-state index contributed by atoms with van der Waals surface area (Å²) in [5.74, 6) is 0.686. The van der Waals surface area contributed by atoms with Gasteiger partial charge in [-0.1, -0.05) is 12.1 Å². The van der Waals surface area contributed by atoms with Gasteiger partial charge < -0.3 is 5.11 Å². The van der Waals surface area contributed by atoms with E-state index in [4.69, 9.17) is 0 Å². The summed E-state index contributed by atoms with van der Waals surface area (Å²) in [6.45, 7) is 0. The zero-order chi connectivity index (χ0) is 10.4. The standard InChI is InChI=1S/C11H10N2O2/c14-10-6-5-9-12-8-4-2-1-3-7(8)11(15)13(9)10/h1-4,10,14H,5-6H2/t10-/m0/s1. The van der Waals surface area contributed by atoms with Gasteiger partial charge in [0, 0.05) is 6.42 Å². The Morgan fingerprint density at radius 2 is 2.20 bits per heavy atom. The van der Waals surface area contributed by atoms with Crippen molar-refractivity contribution < 1.29 is 5.11 Å². The number of hydrogen-bond acceptors (Lipinski definition) is 3. The van der Waals surface area contributed by atoms with E-state index in [1.807, 2.05) is 12.1 Å². The average molecular weight is 202 g/mol. The molecule has 0 radical (unpaired) electrons. The van der Waals surface area contributed by atoms with Gasteiger partial charge in [0.1, 0.15) is 12.1 Å². The number of hydrogen-bond donors (Lipinski definition) is 1. The normalized spacial score (nSPS) is 19.4. The van der Waals surface area contributed by atoms with Gasteiger partial charge in [-0.2, -0.15) is 0 Å². The molecule has 0 spiro atoms. The lowest BCUT2D eigenvalue weighted by Crippen LogP contribution is -2.24. The maximum Gasteiger partial charge on any atom is 0.263 e. The van der Waals surface area contributed by atoms with Crippen LogP contribution in [0.1, 0.15) is 18.5 Å². The topological polar surface area (TPSA) is 55.1 Å². The molecule has 0 unspecified atom stereocenters. The molecule has 4 heteroatoms. The summed E-state index contributed by atoms with van der Waals surface area (Å²) >= 11 is 0. The van der Waals surface area contributed by atoms with E-state index in [-0.39, 0.29) is 5.56 Å². The molecule has 0 aliphatic carbocycles. The lowest BCUT2D eigenvalue weighted by Gasteiger charge is -2.08. The minimum atomic E-state index is -0.704. The molecule has 76 valence electrons. The molecule has 4 nitrogen and oxygen atoms in total. The number of aliphatic hydroxyl groups is 1. The maximum absolute atomic E-state index is 12.0. The van der Waals surface area contributed by atoms with Crippen molar-refractivity contribution >= 4 is 10.9 Å². The maximum atomic E-state index is 12.0. The first-order valence-electron chi connectivity index (χ1n) is 4.95. The molecule has 1 aromatic heterocycles. The summed E-state index contributed by atoms with van der Waals surface area (Å²) in [5, 5.41) is 10.2. The molecule has 0 fully saturated rings. The fourth-order valence-electron chi connectivity index (χ4n) is 2.06. The van der Waals surface area contributed by atoms with Crippen molar-refractivity contribution in [1.82, 2.24) is 9.55 Å². The molecular formula is C11H10N2O2. The number of aliphatic hydroxyl groups excluding tert-OH is 1. The number of fused-ring (bicyclic) bond motifs is 2. The molecule has 1 aliphatic heterocycles. The number of para-hydroxylation sites is 1. The Hall–Kier alpha value is -1.68. The van der Waals surface area contributed by atoms with Crippen molar-refractivity contribution in [3.8, 4) is 0 Å². The number of aromatic nitrogens is 2. The molecule has 0 bridgehead atoms. The van der Waals surface area contributed by atoms with Crippen molar-refractivity contribution in [2.45, 2.75) is 19.1 Å². The van der Waals surface area contributed by atoms with Crippen molar-refractivity contribution in [3.05, 3.63) is 40.4 Å². The molecule has 2 heterocycles. The summed E-state index contributed by atoms with van der Waals surface area (Å²) in [6, 6.07) is 7.22. The molecule has 0 saturated carbocycles. The van der Waals surface area contributed by atoms with Gasteiger partial charge in [0.25, 0.3) is 5.56 Å². The van der Waals surface area contributed by atoms with E-state index in [0.29, 0.717) is 29.6 Å². The molecule has 1 N–H and O–H groups in total. The number of rotatable bonds is 0. The van der Waals surface area contributed by atoms with Crippen LogP contribution < -0.4 is 5.56 Å². The van der Waals surface area contributed by atoms with Crippen LogP contribution in [0.5, 0.6) is 0 Å². The Morgan fingerprint density at radius 1 is 1.40 bits per heavy atom. The Balaban J connectivity index is 2.47. The predicted molar refractivity (Wildman–Crippen MR) is 55.6 cm³/mol. The van der Waals surface area contributed by atoms with E-state index in [0.717, 1.165) is 0 Å². The number of aryl methyl sites for hydroxylation is 1. The van der Waals surface area contributed by atoms with Crippen LogP contribution in [0.15, 0.2) is 29.1 Å². The quantitative estimate of drug-likeness (QED) is 0.688. The van der Waals surface area contributed by atoms with Crippen molar-refractivity contribution in [3.63, 3.8) is 0 Å². The molecule has 2 aromatic rings. The van der Waals surface area contributed by atoms with Gasteiger partial charge in [-0.05, 0) is 18.6 Å². The van der Waals surface area contributed by atoms with Crippen LogP contribution in [0, 0.1) is 0 Å². The highest BCUT2D eigenvalue weighted by Gasteiger charge is 2.23. The molecule has 15 heavy (non-hydrogen) atoms. The number of nitrogens with zero attached hydrogens (tertiary/aromatic N) is 2. The summed E-state index contributed by atoms with van der Waals surface area (Å²) in [7, 11) is 0. The first kappa shape index (κ1) is 8.61. The van der Waals surface area contributed by atoms with Gasteiger partial charge in [-0.3, -0.25) is 9.36 Å². The van der Waals surface area contributed by atoms with Crippen molar-refractivity contribution in [2.75, 3.05) is 0 Å². The van der Waals surface area contributed by atoms with Gasteiger partial charge in [0.2, 0.25) is 0 Å². The fourth-order valence-corrected chi connectivity index (χ4v) is 2.06. The molecule has 0 amide bonds. The summed E-state index contributed by atoms with van der Waals surface area (Å²) in [4.78, 5) is 16.4. The predicted octanol–water partition coefficient (Wildman–Crippen LogP) is 0.834. The Bertz CT molecular complexity index is 589. The third-order valence-electron chi connectivity index (χ3n) is 2.81. The Labute approximate surface area is 85.8 Å². The van der Waals surface area contributed by atoms with Crippen molar-refractivity contribution in [2.24, 2.45) is 0 Å². The Kier molecular flexibility index (Phi) is 1.67. The zero-order valence-corrected chi connectivity index (χ0v) is 8.05. The van der Waals surface area contributed by atoms with E-state index < -0.39 is 6.23 Å². The van der Waals surface area contributed by atoms with Gasteiger partial charge >= 0.3 is 0 Å². The van der Waals surface area contributed by atoms with Crippen LogP contribution in [-0.4, -0.2) is 14.7 Å². The first-order valence-corrected chi connectivity index (χ1v) is 4.95. The van der Waals surface area contributed by atoms with Crippen LogP contribution in [0.25, 0.3) is 10.9 Å². The van der Waals surface area contributed by atoms with Crippen LogP contribution in [0.3, 0.4) is 0 Å². The van der Waals surface area contributed by atoms with Crippen LogP contribution in [0.2, 0.25) is 0 Å². The highest BCUT2D eigenvalue weighted by Crippen LogP contribution is 2.21. The SMILES string of the molecule is O=c1c2ccccc2nc2n1[C@@H](O)CC2. The summed E-state index contributed by atoms with van der Waals surface area (Å²) < 4.78 is 1.39. The molecule has 1 aromatic carbocycles. The summed E-state index contributed by atoms with van der Waals surface area (Å²) in [6.07, 6.45) is 0.546. The minimum Gasteiger partial charge on any atom is -0.373 e. The van der Waals surface area contributed by atoms with E-state index in [1.54, 1.807) is 12.1 Å². The van der Waals surface area contributed by atoms with E-state index >= 15 is 0 Å². The minimum absolute atomic E-state index is 0.138. The second kappa shape index (κ2) is 2.90. The Morgan fingerprint density at radius 3 is 3.07 bits per heavy atom. The smallest absolute Gasteiger partial charge is 0.263 e. The largest absolute Gasteiger partial charge is 0.373 e. The van der Waals surface area contributed by atoms with Gasteiger partial charge in [-0.15, -0.1) is 0 Å². The van der Waals surface area contributed by atoms with E-state index in [2.05, 4.69) is 4.98 Å². The average Bonchev–Trinajstić information content (AvgIpc) is 2.61. The van der Waals surface area contributed by atoms with E-state index in [1.165, 1.54) is 4.57 Å². The zero-order valence-electron chi connectivity index (χ0n) is 8.05. The second-order valence-electron chi connectivity index (χ2n) is 3.74. The third kappa shape index (κ3) is 1.11. The second-order valence-corrected chi connectivity index (χ2v) is 3.74. The molecular weight excluding hydrogens is 192 g/mol. The van der Waals surface area contributed by atoms with Crippen LogP contribution >= 0.6 is 0 Å². The highest BCUT2D eigenvalue weighted by molar-refractivity contribution is 5.77. The van der Waals surface area contributed by atoms with E-state index in [9.17, 15) is 9.90 Å². The molecule has 0 saturated heterocycles. The van der Waals surface area contributed by atoms with Crippen LogP contribution in [-0.2, 0) is 6.42 Å².